The van der Waals surface area contributed by atoms with E-state index < -0.39 is 0 Å². The van der Waals surface area contributed by atoms with Crippen LogP contribution in [0.1, 0.15) is 6.42 Å². The van der Waals surface area contributed by atoms with Crippen molar-refractivity contribution in [1.29, 1.82) is 0 Å². The Morgan fingerprint density at radius 3 is 2.89 bits per heavy atom. The lowest BCUT2D eigenvalue weighted by molar-refractivity contribution is 0.0658. The maximum atomic E-state index is 12.0. The number of ether oxygens (including phenoxy) is 1. The smallest absolute Gasteiger partial charge is 0.415 e. The topological polar surface area (TPSA) is 58.8 Å². The Balaban J connectivity index is 1.85. The van der Waals surface area contributed by atoms with Gasteiger partial charge in [-0.15, -0.1) is 0 Å². The highest BCUT2D eigenvalue weighted by molar-refractivity contribution is 5.91. The van der Waals surface area contributed by atoms with Gasteiger partial charge in [-0.1, -0.05) is 6.07 Å². The van der Waals surface area contributed by atoms with Crippen molar-refractivity contribution in [2.75, 3.05) is 37.3 Å². The van der Waals surface area contributed by atoms with Crippen LogP contribution in [-0.4, -0.2) is 43.3 Å². The Labute approximate surface area is 106 Å². The molecule has 1 atom stereocenters. The first-order valence-corrected chi connectivity index (χ1v) is 6.13. The van der Waals surface area contributed by atoms with Crippen LogP contribution in [0.3, 0.4) is 0 Å². The molecule has 0 aliphatic carbocycles. The Kier molecular flexibility index (Phi) is 2.45. The number of nitrogens with zero attached hydrogens (tertiary/aromatic N) is 2. The number of likely N-dealkylation sites (N-methyl/N-ethyl adjacent to an activating group) is 1. The molecule has 3 rings (SSSR count). The number of likely N-dealkylation sites (tertiary alicyclic amines) is 1. The second-order valence-corrected chi connectivity index (χ2v) is 5.22. The van der Waals surface area contributed by atoms with E-state index in [1.807, 2.05) is 25.2 Å². The van der Waals surface area contributed by atoms with Crippen LogP contribution in [-0.2, 0) is 4.74 Å². The molecule has 2 saturated heterocycles. The monoisotopic (exact) mass is 247 g/mol. The zero-order chi connectivity index (χ0) is 12.8. The summed E-state index contributed by atoms with van der Waals surface area (Å²) in [7, 11) is 2.05. The van der Waals surface area contributed by atoms with Crippen LogP contribution < -0.4 is 10.6 Å². The summed E-state index contributed by atoms with van der Waals surface area (Å²) in [6.07, 6.45) is 0.629. The minimum absolute atomic E-state index is 0.268. The van der Waals surface area contributed by atoms with Gasteiger partial charge in [-0.05, 0) is 25.2 Å². The molecule has 2 heterocycles. The van der Waals surface area contributed by atoms with Crippen molar-refractivity contribution in [3.05, 3.63) is 24.3 Å². The number of benzene rings is 1. The fourth-order valence-corrected chi connectivity index (χ4v) is 2.77. The normalized spacial score (nSPS) is 28.1. The SMILES string of the molecule is CN1CCC2(C1)CN(c1cccc(N)c1)C(=O)O2. The first-order valence-electron chi connectivity index (χ1n) is 6.13. The summed E-state index contributed by atoms with van der Waals surface area (Å²) in [5.74, 6) is 0. The summed E-state index contributed by atoms with van der Waals surface area (Å²) >= 11 is 0. The van der Waals surface area contributed by atoms with E-state index in [0.717, 1.165) is 25.2 Å². The molecular weight excluding hydrogens is 230 g/mol. The lowest BCUT2D eigenvalue weighted by atomic mass is 10.0. The Hall–Kier alpha value is -1.75. The van der Waals surface area contributed by atoms with Gasteiger partial charge in [0.25, 0.3) is 0 Å². The molecule has 2 aliphatic heterocycles. The number of anilines is 2. The molecule has 18 heavy (non-hydrogen) atoms. The molecule has 2 aliphatic rings. The van der Waals surface area contributed by atoms with Crippen LogP contribution in [0.2, 0.25) is 0 Å². The number of carbonyl (C=O) groups is 1. The van der Waals surface area contributed by atoms with Gasteiger partial charge in [0.2, 0.25) is 0 Å². The molecule has 0 saturated carbocycles. The number of rotatable bonds is 1. The second-order valence-electron chi connectivity index (χ2n) is 5.22. The predicted molar refractivity (Wildman–Crippen MR) is 69.5 cm³/mol. The van der Waals surface area contributed by atoms with Crippen molar-refractivity contribution in [2.45, 2.75) is 12.0 Å². The summed E-state index contributed by atoms with van der Waals surface area (Å²) in [6.45, 7) is 2.38. The van der Waals surface area contributed by atoms with E-state index in [1.54, 1.807) is 11.0 Å². The van der Waals surface area contributed by atoms with E-state index >= 15 is 0 Å². The molecule has 0 bridgehead atoms. The molecule has 2 fully saturated rings. The molecule has 1 aromatic carbocycles. The molecule has 0 aromatic heterocycles. The maximum absolute atomic E-state index is 12.0. The summed E-state index contributed by atoms with van der Waals surface area (Å²) in [6, 6.07) is 7.35. The summed E-state index contributed by atoms with van der Waals surface area (Å²) in [4.78, 5) is 15.9. The zero-order valence-electron chi connectivity index (χ0n) is 10.4. The van der Waals surface area contributed by atoms with Crippen molar-refractivity contribution in [2.24, 2.45) is 0 Å². The average Bonchev–Trinajstić information content (AvgIpc) is 2.83. The average molecular weight is 247 g/mol. The van der Waals surface area contributed by atoms with Gasteiger partial charge < -0.3 is 15.4 Å². The third-order valence-electron chi connectivity index (χ3n) is 3.66. The summed E-state index contributed by atoms with van der Waals surface area (Å²) < 4.78 is 5.59. The minimum Gasteiger partial charge on any atom is -0.439 e. The fourth-order valence-electron chi connectivity index (χ4n) is 2.77. The highest BCUT2D eigenvalue weighted by atomic mass is 16.6. The highest BCUT2D eigenvalue weighted by Gasteiger charge is 2.49. The standard InChI is InChI=1S/C13H17N3O2/c1-15-6-5-13(8-15)9-16(12(17)18-13)11-4-2-3-10(14)7-11/h2-4,7H,5-6,8-9,14H2,1H3. The van der Waals surface area contributed by atoms with E-state index in [1.165, 1.54) is 0 Å². The zero-order valence-corrected chi connectivity index (χ0v) is 10.4. The molecule has 5 heteroatoms. The van der Waals surface area contributed by atoms with E-state index in [2.05, 4.69) is 4.90 Å². The first kappa shape index (κ1) is 11.3. The van der Waals surface area contributed by atoms with Crippen LogP contribution in [0.25, 0.3) is 0 Å². The van der Waals surface area contributed by atoms with E-state index in [4.69, 9.17) is 10.5 Å². The molecule has 0 radical (unpaired) electrons. The summed E-state index contributed by atoms with van der Waals surface area (Å²) in [5, 5.41) is 0. The van der Waals surface area contributed by atoms with Gasteiger partial charge in [-0.2, -0.15) is 0 Å². The van der Waals surface area contributed by atoms with E-state index in [9.17, 15) is 4.79 Å². The number of nitrogens with two attached hydrogens (primary N) is 1. The van der Waals surface area contributed by atoms with Crippen LogP contribution in [0, 0.1) is 0 Å². The Bertz CT molecular complexity index is 491. The minimum atomic E-state index is -0.337. The molecule has 96 valence electrons. The second kappa shape index (κ2) is 3.88. The molecule has 1 spiro atoms. The largest absolute Gasteiger partial charge is 0.439 e. The third-order valence-corrected chi connectivity index (χ3v) is 3.66. The van der Waals surface area contributed by atoms with Crippen molar-refractivity contribution in [1.82, 2.24) is 4.90 Å². The quantitative estimate of drug-likeness (QED) is 0.760. The predicted octanol–water partition coefficient (Wildman–Crippen LogP) is 1.30. The van der Waals surface area contributed by atoms with Gasteiger partial charge in [0.1, 0.15) is 5.60 Å². The molecule has 1 amide bonds. The highest BCUT2D eigenvalue weighted by Crippen LogP contribution is 2.34. The number of hydrogen-bond donors (Lipinski definition) is 1. The van der Waals surface area contributed by atoms with E-state index in [-0.39, 0.29) is 11.7 Å². The first-order chi connectivity index (χ1) is 8.58. The van der Waals surface area contributed by atoms with Crippen molar-refractivity contribution in [3.63, 3.8) is 0 Å². The maximum Gasteiger partial charge on any atom is 0.415 e. The molecule has 2 N–H and O–H groups in total. The summed E-state index contributed by atoms with van der Waals surface area (Å²) in [5.41, 5.74) is 6.88. The Morgan fingerprint density at radius 2 is 2.22 bits per heavy atom. The van der Waals surface area contributed by atoms with E-state index in [0.29, 0.717) is 12.2 Å². The van der Waals surface area contributed by atoms with Crippen LogP contribution >= 0.6 is 0 Å². The number of amides is 1. The molecular formula is C13H17N3O2. The number of hydrogen-bond acceptors (Lipinski definition) is 4. The molecule has 1 aromatic rings. The van der Waals surface area contributed by atoms with Gasteiger partial charge >= 0.3 is 6.09 Å². The van der Waals surface area contributed by atoms with Crippen LogP contribution in [0.4, 0.5) is 16.2 Å². The van der Waals surface area contributed by atoms with Crippen molar-refractivity contribution >= 4 is 17.5 Å². The van der Waals surface area contributed by atoms with Gasteiger partial charge in [-0.25, -0.2) is 4.79 Å². The third kappa shape index (κ3) is 1.80. The molecule has 1 unspecified atom stereocenters. The van der Waals surface area contributed by atoms with Crippen LogP contribution in [0.5, 0.6) is 0 Å². The lowest BCUT2D eigenvalue weighted by Crippen LogP contribution is -2.37. The van der Waals surface area contributed by atoms with Crippen LogP contribution in [0.15, 0.2) is 24.3 Å². The van der Waals surface area contributed by atoms with Crippen molar-refractivity contribution < 1.29 is 9.53 Å². The van der Waals surface area contributed by atoms with Crippen molar-refractivity contribution in [3.8, 4) is 0 Å². The van der Waals surface area contributed by atoms with Gasteiger partial charge in [0.15, 0.2) is 0 Å². The van der Waals surface area contributed by atoms with Gasteiger partial charge in [0, 0.05) is 30.9 Å². The van der Waals surface area contributed by atoms with Gasteiger partial charge in [-0.3, -0.25) is 4.90 Å². The van der Waals surface area contributed by atoms with Gasteiger partial charge in [0.05, 0.1) is 6.54 Å². The molecule has 5 nitrogen and oxygen atoms in total. The lowest BCUT2D eigenvalue weighted by Gasteiger charge is -2.20. The fraction of sp³-hybridized carbons (Fsp3) is 0.462. The number of nitrogen functional groups attached to an aromatic ring is 1. The number of carbonyl (C=O) groups excluding carboxylic acids is 1. The Morgan fingerprint density at radius 1 is 1.39 bits per heavy atom.